The molecule has 27 heavy (non-hydrogen) atoms. The molecular formula is C19H26N6O2. The molecule has 1 aliphatic heterocycles. The van der Waals surface area contributed by atoms with Crippen LogP contribution in [0.4, 0.5) is 23.0 Å². The zero-order chi connectivity index (χ0) is 19.6. The molecule has 1 N–H and O–H groups in total. The summed E-state index contributed by atoms with van der Waals surface area (Å²) in [4.78, 5) is 24.1. The highest BCUT2D eigenvalue weighted by Gasteiger charge is 2.30. The van der Waals surface area contributed by atoms with Gasteiger partial charge in [0, 0.05) is 18.8 Å². The number of aryl methyl sites for hydroxylation is 2. The molecule has 8 heteroatoms. The number of aromatic nitrogens is 2. The summed E-state index contributed by atoms with van der Waals surface area (Å²) in [6.45, 7) is 5.93. The number of benzene rings is 1. The van der Waals surface area contributed by atoms with Crippen molar-refractivity contribution in [3.8, 4) is 0 Å². The highest BCUT2D eigenvalue weighted by Crippen LogP contribution is 2.35. The number of nitro groups is 1. The molecule has 1 fully saturated rings. The van der Waals surface area contributed by atoms with E-state index < -0.39 is 4.92 Å². The summed E-state index contributed by atoms with van der Waals surface area (Å²) in [5.41, 5.74) is 2.86. The monoisotopic (exact) mass is 370 g/mol. The molecule has 0 spiro atoms. The number of rotatable bonds is 5. The van der Waals surface area contributed by atoms with E-state index in [0.29, 0.717) is 5.82 Å². The predicted octanol–water partition coefficient (Wildman–Crippen LogP) is 3.28. The number of anilines is 3. The van der Waals surface area contributed by atoms with Crippen LogP contribution in [0.5, 0.6) is 0 Å². The van der Waals surface area contributed by atoms with Gasteiger partial charge >= 0.3 is 5.69 Å². The van der Waals surface area contributed by atoms with Crippen molar-refractivity contribution in [3.63, 3.8) is 0 Å². The summed E-state index contributed by atoms with van der Waals surface area (Å²) in [5, 5.41) is 15.0. The molecule has 2 aromatic rings. The minimum absolute atomic E-state index is 0.0843. The van der Waals surface area contributed by atoms with Crippen LogP contribution in [-0.4, -0.2) is 53.0 Å². The zero-order valence-corrected chi connectivity index (χ0v) is 16.3. The molecule has 3 rings (SSSR count). The molecule has 0 amide bonds. The van der Waals surface area contributed by atoms with Crippen LogP contribution >= 0.6 is 0 Å². The Morgan fingerprint density at radius 3 is 2.59 bits per heavy atom. The minimum Gasteiger partial charge on any atom is -0.351 e. The van der Waals surface area contributed by atoms with E-state index in [1.54, 1.807) is 0 Å². The normalized spacial score (nSPS) is 15.6. The quantitative estimate of drug-likeness (QED) is 0.638. The van der Waals surface area contributed by atoms with Crippen LogP contribution in [-0.2, 0) is 0 Å². The maximum Gasteiger partial charge on any atom is 0.353 e. The summed E-state index contributed by atoms with van der Waals surface area (Å²) in [5.74, 6) is 0.577. The second-order valence-electron chi connectivity index (χ2n) is 7.24. The molecule has 0 saturated carbocycles. The van der Waals surface area contributed by atoms with Gasteiger partial charge in [0.2, 0.25) is 11.6 Å². The molecule has 0 aliphatic carbocycles. The molecule has 1 saturated heterocycles. The van der Waals surface area contributed by atoms with E-state index in [4.69, 9.17) is 0 Å². The number of nitrogens with zero attached hydrogens (tertiary/aromatic N) is 5. The van der Waals surface area contributed by atoms with Gasteiger partial charge in [-0.05, 0) is 58.5 Å². The highest BCUT2D eigenvalue weighted by molar-refractivity contribution is 5.75. The van der Waals surface area contributed by atoms with E-state index in [-0.39, 0.29) is 17.5 Å². The summed E-state index contributed by atoms with van der Waals surface area (Å²) in [6, 6.07) is 6.13. The summed E-state index contributed by atoms with van der Waals surface area (Å²) in [7, 11) is 3.97. The molecule has 8 nitrogen and oxygen atoms in total. The topological polar surface area (TPSA) is 87.4 Å². The fraction of sp³-hybridized carbons (Fsp3) is 0.474. The van der Waals surface area contributed by atoms with Crippen LogP contribution in [0.3, 0.4) is 0 Å². The Bertz CT molecular complexity index is 833. The van der Waals surface area contributed by atoms with Crippen LogP contribution < -0.4 is 10.2 Å². The SMILES string of the molecule is Cc1ccc(Nc2ncnc(N(C)C3CCN(C)CC3)c2[N+](=O)[O-])c(C)c1. The Balaban J connectivity index is 1.94. The Labute approximate surface area is 159 Å². The van der Waals surface area contributed by atoms with Gasteiger partial charge in [0.1, 0.15) is 6.33 Å². The van der Waals surface area contributed by atoms with Gasteiger partial charge in [-0.25, -0.2) is 9.97 Å². The van der Waals surface area contributed by atoms with E-state index in [1.807, 2.05) is 44.0 Å². The molecule has 1 aromatic carbocycles. The lowest BCUT2D eigenvalue weighted by molar-refractivity contribution is -0.383. The summed E-state index contributed by atoms with van der Waals surface area (Å²) in [6.07, 6.45) is 3.29. The number of piperidine rings is 1. The fourth-order valence-corrected chi connectivity index (χ4v) is 3.52. The van der Waals surface area contributed by atoms with E-state index >= 15 is 0 Å². The Hall–Kier alpha value is -2.74. The van der Waals surface area contributed by atoms with Crippen molar-refractivity contribution < 1.29 is 4.92 Å². The molecular weight excluding hydrogens is 344 g/mol. The second kappa shape index (κ2) is 7.87. The number of nitrogens with one attached hydrogen (secondary N) is 1. The van der Waals surface area contributed by atoms with Crippen LogP contribution in [0.15, 0.2) is 24.5 Å². The first-order valence-electron chi connectivity index (χ1n) is 9.12. The van der Waals surface area contributed by atoms with Crippen molar-refractivity contribution in [3.05, 3.63) is 45.8 Å². The summed E-state index contributed by atoms with van der Waals surface area (Å²) < 4.78 is 0. The second-order valence-corrected chi connectivity index (χ2v) is 7.24. The highest BCUT2D eigenvalue weighted by atomic mass is 16.6. The van der Waals surface area contributed by atoms with Crippen molar-refractivity contribution in [1.29, 1.82) is 0 Å². The first-order valence-corrected chi connectivity index (χ1v) is 9.12. The number of likely N-dealkylation sites (tertiary alicyclic amines) is 1. The van der Waals surface area contributed by atoms with Crippen molar-refractivity contribution >= 4 is 23.0 Å². The van der Waals surface area contributed by atoms with Crippen molar-refractivity contribution in [2.24, 2.45) is 0 Å². The smallest absolute Gasteiger partial charge is 0.351 e. The Kier molecular flexibility index (Phi) is 5.55. The van der Waals surface area contributed by atoms with E-state index in [0.717, 1.165) is 42.7 Å². The average Bonchev–Trinajstić information content (AvgIpc) is 2.63. The Morgan fingerprint density at radius 1 is 1.26 bits per heavy atom. The van der Waals surface area contributed by atoms with Gasteiger partial charge in [0.15, 0.2) is 0 Å². The summed E-state index contributed by atoms with van der Waals surface area (Å²) >= 11 is 0. The first kappa shape index (κ1) is 19.0. The number of hydrogen-bond donors (Lipinski definition) is 1. The van der Waals surface area contributed by atoms with E-state index in [1.165, 1.54) is 6.33 Å². The molecule has 0 unspecified atom stereocenters. The lowest BCUT2D eigenvalue weighted by Crippen LogP contribution is -2.42. The maximum absolute atomic E-state index is 11.9. The van der Waals surface area contributed by atoms with Crippen LogP contribution in [0.1, 0.15) is 24.0 Å². The minimum atomic E-state index is -0.396. The van der Waals surface area contributed by atoms with Crippen LogP contribution in [0.25, 0.3) is 0 Å². The first-order chi connectivity index (χ1) is 12.9. The standard InChI is InChI=1S/C19H26N6O2/c1-13-5-6-16(14(2)11-13)22-18-17(25(26)27)19(21-12-20-18)24(4)15-7-9-23(3)10-8-15/h5-6,11-12,15H,7-10H2,1-4H3,(H,20,21,22). The van der Waals surface area contributed by atoms with Gasteiger partial charge in [-0.3, -0.25) is 10.1 Å². The van der Waals surface area contributed by atoms with Crippen LogP contribution in [0, 0.1) is 24.0 Å². The average molecular weight is 370 g/mol. The molecule has 0 bridgehead atoms. The third-order valence-corrected chi connectivity index (χ3v) is 5.19. The van der Waals surface area contributed by atoms with Gasteiger partial charge < -0.3 is 15.1 Å². The molecule has 0 atom stereocenters. The third kappa shape index (κ3) is 4.16. The third-order valence-electron chi connectivity index (χ3n) is 5.19. The van der Waals surface area contributed by atoms with Gasteiger partial charge in [-0.2, -0.15) is 0 Å². The maximum atomic E-state index is 11.9. The van der Waals surface area contributed by atoms with Gasteiger partial charge in [0.05, 0.1) is 4.92 Å². The fourth-order valence-electron chi connectivity index (χ4n) is 3.52. The predicted molar refractivity (Wildman–Crippen MR) is 107 cm³/mol. The van der Waals surface area contributed by atoms with Gasteiger partial charge in [0.25, 0.3) is 0 Å². The Morgan fingerprint density at radius 2 is 1.96 bits per heavy atom. The van der Waals surface area contributed by atoms with Gasteiger partial charge in [-0.15, -0.1) is 0 Å². The number of hydrogen-bond acceptors (Lipinski definition) is 7. The molecule has 1 aromatic heterocycles. The molecule has 1 aliphatic rings. The van der Waals surface area contributed by atoms with Crippen molar-refractivity contribution in [2.75, 3.05) is 37.4 Å². The van der Waals surface area contributed by atoms with E-state index in [9.17, 15) is 10.1 Å². The molecule has 0 radical (unpaired) electrons. The molecule has 144 valence electrons. The largest absolute Gasteiger partial charge is 0.353 e. The van der Waals surface area contributed by atoms with Crippen LogP contribution in [0.2, 0.25) is 0 Å². The lowest BCUT2D eigenvalue weighted by atomic mass is 10.0. The zero-order valence-electron chi connectivity index (χ0n) is 16.3. The van der Waals surface area contributed by atoms with E-state index in [2.05, 4.69) is 27.2 Å². The van der Waals surface area contributed by atoms with Gasteiger partial charge in [-0.1, -0.05) is 17.7 Å². The lowest BCUT2D eigenvalue weighted by Gasteiger charge is -2.35. The molecule has 2 heterocycles. The van der Waals surface area contributed by atoms with Crippen molar-refractivity contribution in [1.82, 2.24) is 14.9 Å². The van der Waals surface area contributed by atoms with Crippen molar-refractivity contribution in [2.45, 2.75) is 32.7 Å².